The van der Waals surface area contributed by atoms with Crippen LogP contribution < -0.4 is 5.32 Å². The summed E-state index contributed by atoms with van der Waals surface area (Å²) in [6, 6.07) is -0.0347. The molecular formula is C8H11NO2. The average Bonchev–Trinajstić information content (AvgIpc) is 2.30. The molecule has 0 bridgehead atoms. The van der Waals surface area contributed by atoms with Crippen molar-refractivity contribution in [3.05, 3.63) is 0 Å². The minimum absolute atomic E-state index is 0.0347. The minimum Gasteiger partial charge on any atom is -0.431 e. The highest BCUT2D eigenvalue weighted by molar-refractivity contribution is 5.71. The maximum atomic E-state index is 10.7. The van der Waals surface area contributed by atoms with Gasteiger partial charge in [-0.3, -0.25) is 0 Å². The molecule has 0 aromatic rings. The predicted molar refractivity (Wildman–Crippen MR) is 40.9 cm³/mol. The second-order valence-electron chi connectivity index (χ2n) is 2.91. The molecule has 60 valence electrons. The largest absolute Gasteiger partial charge is 0.431 e. The summed E-state index contributed by atoms with van der Waals surface area (Å²) in [5, 5.41) is 2.65. The third kappa shape index (κ3) is 1.45. The summed E-state index contributed by atoms with van der Waals surface area (Å²) in [7, 11) is 0. The zero-order valence-corrected chi connectivity index (χ0v) is 6.63. The van der Waals surface area contributed by atoms with E-state index >= 15 is 0 Å². The van der Waals surface area contributed by atoms with Gasteiger partial charge in [0.1, 0.15) is 0 Å². The van der Waals surface area contributed by atoms with Crippen molar-refractivity contribution in [3.63, 3.8) is 0 Å². The molecule has 0 saturated carbocycles. The zero-order valence-electron chi connectivity index (χ0n) is 6.63. The molecule has 0 aromatic heterocycles. The molecule has 1 amide bonds. The fraction of sp³-hybridized carbons (Fsp3) is 0.625. The summed E-state index contributed by atoms with van der Waals surface area (Å²) in [6.07, 6.45) is 4.35. The molecule has 0 aliphatic carbocycles. The third-order valence-electron chi connectivity index (χ3n) is 1.73. The molecule has 0 radical (unpaired) electrons. The molecule has 1 heterocycles. The van der Waals surface area contributed by atoms with Crippen molar-refractivity contribution in [2.45, 2.75) is 26.0 Å². The second kappa shape index (κ2) is 2.83. The lowest BCUT2D eigenvalue weighted by molar-refractivity contribution is 0.153. The van der Waals surface area contributed by atoms with Crippen LogP contribution in [-0.2, 0) is 4.74 Å². The van der Waals surface area contributed by atoms with E-state index in [0.29, 0.717) is 5.92 Å². The Bertz CT molecular complexity index is 205. The van der Waals surface area contributed by atoms with Gasteiger partial charge in [-0.2, -0.15) is 0 Å². The van der Waals surface area contributed by atoms with Crippen molar-refractivity contribution < 1.29 is 9.53 Å². The maximum Gasteiger partial charge on any atom is 0.408 e. The summed E-state index contributed by atoms with van der Waals surface area (Å²) in [6.45, 7) is 3.98. The molecule has 3 heteroatoms. The number of cyclic esters (lactones) is 1. The van der Waals surface area contributed by atoms with E-state index in [4.69, 9.17) is 11.2 Å². The van der Waals surface area contributed by atoms with Crippen LogP contribution in [0.5, 0.6) is 0 Å². The van der Waals surface area contributed by atoms with Gasteiger partial charge < -0.3 is 10.1 Å². The van der Waals surface area contributed by atoms with Gasteiger partial charge in [0.25, 0.3) is 0 Å². The Morgan fingerprint density at radius 1 is 1.73 bits per heavy atom. The van der Waals surface area contributed by atoms with Gasteiger partial charge in [-0.1, -0.05) is 19.8 Å². The van der Waals surface area contributed by atoms with Crippen LogP contribution in [0.25, 0.3) is 0 Å². The number of carbonyl (C=O) groups is 1. The lowest BCUT2D eigenvalue weighted by Crippen LogP contribution is -2.35. The molecule has 3 nitrogen and oxygen atoms in total. The third-order valence-corrected chi connectivity index (χ3v) is 1.73. The van der Waals surface area contributed by atoms with Crippen molar-refractivity contribution in [1.29, 1.82) is 0 Å². The molecule has 1 saturated heterocycles. The number of carbonyl (C=O) groups excluding carboxylic acids is 1. The van der Waals surface area contributed by atoms with Crippen LogP contribution in [0.3, 0.4) is 0 Å². The smallest absolute Gasteiger partial charge is 0.408 e. The van der Waals surface area contributed by atoms with Crippen molar-refractivity contribution in [3.8, 4) is 12.3 Å². The topological polar surface area (TPSA) is 38.3 Å². The fourth-order valence-corrected chi connectivity index (χ4v) is 1.09. The van der Waals surface area contributed by atoms with Crippen LogP contribution in [-0.4, -0.2) is 18.2 Å². The Morgan fingerprint density at radius 2 is 2.36 bits per heavy atom. The highest BCUT2D eigenvalue weighted by Crippen LogP contribution is 2.15. The SMILES string of the molecule is C#CC1OC(=O)NC1C(C)C. The molecule has 1 N–H and O–H groups in total. The molecule has 1 rings (SSSR count). The summed E-state index contributed by atoms with van der Waals surface area (Å²) in [5.74, 6) is 2.73. The number of rotatable bonds is 1. The lowest BCUT2D eigenvalue weighted by Gasteiger charge is -2.14. The van der Waals surface area contributed by atoms with Crippen molar-refractivity contribution in [2.24, 2.45) is 5.92 Å². The molecule has 0 spiro atoms. The van der Waals surface area contributed by atoms with Crippen molar-refractivity contribution >= 4 is 6.09 Å². The van der Waals surface area contributed by atoms with Crippen LogP contribution >= 0.6 is 0 Å². The first-order valence-corrected chi connectivity index (χ1v) is 3.58. The van der Waals surface area contributed by atoms with E-state index in [1.165, 1.54) is 0 Å². The number of hydrogen-bond acceptors (Lipinski definition) is 2. The van der Waals surface area contributed by atoms with Gasteiger partial charge in [-0.05, 0) is 5.92 Å². The van der Waals surface area contributed by atoms with Crippen LogP contribution in [0.15, 0.2) is 0 Å². The monoisotopic (exact) mass is 153 g/mol. The number of nitrogens with one attached hydrogen (secondary N) is 1. The molecule has 2 unspecified atom stereocenters. The normalized spacial score (nSPS) is 29.5. The van der Waals surface area contributed by atoms with Gasteiger partial charge in [0.05, 0.1) is 6.04 Å². The lowest BCUT2D eigenvalue weighted by atomic mass is 10.0. The van der Waals surface area contributed by atoms with Crippen molar-refractivity contribution in [1.82, 2.24) is 5.32 Å². The summed E-state index contributed by atoms with van der Waals surface area (Å²) in [4.78, 5) is 10.7. The first-order valence-electron chi connectivity index (χ1n) is 3.58. The van der Waals surface area contributed by atoms with E-state index < -0.39 is 12.2 Å². The summed E-state index contributed by atoms with van der Waals surface area (Å²) in [5.41, 5.74) is 0. The minimum atomic E-state index is -0.411. The molecule has 2 atom stereocenters. The first kappa shape index (κ1) is 7.93. The number of alkyl carbamates (subject to hydrolysis) is 1. The first-order chi connectivity index (χ1) is 5.15. The fourth-order valence-electron chi connectivity index (χ4n) is 1.09. The van der Waals surface area contributed by atoms with E-state index in [0.717, 1.165) is 0 Å². The molecule has 1 aliphatic heterocycles. The van der Waals surface area contributed by atoms with Crippen molar-refractivity contribution in [2.75, 3.05) is 0 Å². The number of hydrogen-bond donors (Lipinski definition) is 1. The van der Waals surface area contributed by atoms with E-state index in [1.807, 2.05) is 13.8 Å². The number of ether oxygens (including phenoxy) is 1. The van der Waals surface area contributed by atoms with Crippen LogP contribution in [0.1, 0.15) is 13.8 Å². The zero-order chi connectivity index (χ0) is 8.43. The summed E-state index contributed by atoms with van der Waals surface area (Å²) >= 11 is 0. The highest BCUT2D eigenvalue weighted by atomic mass is 16.6. The quantitative estimate of drug-likeness (QED) is 0.564. The van der Waals surface area contributed by atoms with Gasteiger partial charge >= 0.3 is 6.09 Å². The Hall–Kier alpha value is -1.17. The van der Waals surface area contributed by atoms with Gasteiger partial charge in [0, 0.05) is 0 Å². The molecule has 11 heavy (non-hydrogen) atoms. The van der Waals surface area contributed by atoms with E-state index in [1.54, 1.807) is 0 Å². The van der Waals surface area contributed by atoms with Gasteiger partial charge in [-0.15, -0.1) is 6.42 Å². The average molecular weight is 153 g/mol. The van der Waals surface area contributed by atoms with Gasteiger partial charge in [-0.25, -0.2) is 4.79 Å². The number of amides is 1. The highest BCUT2D eigenvalue weighted by Gasteiger charge is 2.34. The standard InChI is InChI=1S/C8H11NO2/c1-4-6-7(5(2)3)9-8(10)11-6/h1,5-7H,2-3H3,(H,9,10). The Morgan fingerprint density at radius 3 is 2.73 bits per heavy atom. The second-order valence-corrected chi connectivity index (χ2v) is 2.91. The summed E-state index contributed by atoms with van der Waals surface area (Å²) < 4.78 is 4.80. The van der Waals surface area contributed by atoms with E-state index in [2.05, 4.69) is 11.2 Å². The van der Waals surface area contributed by atoms with Gasteiger partial charge in [0.15, 0.2) is 6.10 Å². The molecular weight excluding hydrogens is 142 g/mol. The van der Waals surface area contributed by atoms with E-state index in [-0.39, 0.29) is 6.04 Å². The van der Waals surface area contributed by atoms with Gasteiger partial charge in [0.2, 0.25) is 0 Å². The van der Waals surface area contributed by atoms with Crippen LogP contribution in [0.4, 0.5) is 4.79 Å². The molecule has 0 aromatic carbocycles. The predicted octanol–water partition coefficient (Wildman–Crippen LogP) is 0.753. The molecule has 1 fully saturated rings. The Kier molecular flexibility index (Phi) is 2.04. The van der Waals surface area contributed by atoms with E-state index in [9.17, 15) is 4.79 Å². The maximum absolute atomic E-state index is 10.7. The van der Waals surface area contributed by atoms with Crippen LogP contribution in [0.2, 0.25) is 0 Å². The van der Waals surface area contributed by atoms with Crippen LogP contribution in [0, 0.1) is 18.3 Å². The number of terminal acetylenes is 1. The Balaban J connectivity index is 2.66. The Labute approximate surface area is 66.1 Å². The molecule has 1 aliphatic rings.